The molecule has 0 bridgehead atoms. The van der Waals surface area contributed by atoms with Gasteiger partial charge in [-0.1, -0.05) is 6.92 Å². The van der Waals surface area contributed by atoms with Crippen LogP contribution in [0.15, 0.2) is 0 Å². The average Bonchev–Trinajstić information content (AvgIpc) is 2.13. The number of amides is 1. The highest BCUT2D eigenvalue weighted by Gasteiger charge is 2.28. The van der Waals surface area contributed by atoms with Crippen molar-refractivity contribution in [2.75, 3.05) is 18.1 Å². The molecule has 7 heteroatoms. The van der Waals surface area contributed by atoms with Crippen molar-refractivity contribution in [2.24, 2.45) is 5.41 Å². The van der Waals surface area contributed by atoms with E-state index in [-0.39, 0.29) is 12.3 Å². The zero-order valence-corrected chi connectivity index (χ0v) is 11.1. The van der Waals surface area contributed by atoms with Crippen molar-refractivity contribution in [3.8, 4) is 0 Å². The molecular formula is C10H19NO5S. The summed E-state index contributed by atoms with van der Waals surface area (Å²) in [5.74, 6) is -2.33. The first kappa shape index (κ1) is 15.9. The van der Waals surface area contributed by atoms with Crippen LogP contribution in [0.5, 0.6) is 0 Å². The Bertz CT molecular complexity index is 386. The normalized spacial score (nSPS) is 12.2. The topological polar surface area (TPSA) is 101 Å². The molecule has 0 spiro atoms. The molecule has 0 unspecified atom stereocenters. The number of rotatable bonds is 7. The number of hydrogen-bond acceptors (Lipinski definition) is 4. The van der Waals surface area contributed by atoms with Crippen LogP contribution in [-0.4, -0.2) is 43.5 Å². The summed E-state index contributed by atoms with van der Waals surface area (Å²) in [6, 6.07) is 0. The fraction of sp³-hybridized carbons (Fsp3) is 0.800. The summed E-state index contributed by atoms with van der Waals surface area (Å²) in [6.45, 7) is 4.53. The number of sulfone groups is 1. The van der Waals surface area contributed by atoms with Gasteiger partial charge in [0.25, 0.3) is 0 Å². The summed E-state index contributed by atoms with van der Waals surface area (Å²) in [5, 5.41) is 11.1. The minimum Gasteiger partial charge on any atom is -0.481 e. The number of hydrogen-bond donors (Lipinski definition) is 2. The van der Waals surface area contributed by atoms with E-state index in [2.05, 4.69) is 5.32 Å². The molecule has 0 aromatic heterocycles. The molecule has 0 aromatic carbocycles. The van der Waals surface area contributed by atoms with Gasteiger partial charge in [0.15, 0.2) is 9.84 Å². The Labute approximate surface area is 101 Å². The second-order valence-corrected chi connectivity index (χ2v) is 6.74. The Balaban J connectivity index is 4.27. The zero-order valence-electron chi connectivity index (χ0n) is 10.3. The average molecular weight is 265 g/mol. The lowest BCUT2D eigenvalue weighted by molar-refractivity contribution is -0.146. The molecule has 0 atom stereocenters. The van der Waals surface area contributed by atoms with Crippen LogP contribution >= 0.6 is 0 Å². The van der Waals surface area contributed by atoms with E-state index in [1.807, 2.05) is 0 Å². The van der Waals surface area contributed by atoms with Crippen molar-refractivity contribution >= 4 is 21.7 Å². The third-order valence-electron chi connectivity index (χ3n) is 2.17. The van der Waals surface area contributed by atoms with Gasteiger partial charge < -0.3 is 10.4 Å². The molecule has 0 aliphatic heterocycles. The van der Waals surface area contributed by atoms with Crippen molar-refractivity contribution in [3.63, 3.8) is 0 Å². The maximum atomic E-state index is 11.3. The molecule has 100 valence electrons. The van der Waals surface area contributed by atoms with Gasteiger partial charge in [-0.3, -0.25) is 9.59 Å². The molecule has 0 aromatic rings. The van der Waals surface area contributed by atoms with Gasteiger partial charge in [-0.2, -0.15) is 0 Å². The lowest BCUT2D eigenvalue weighted by atomic mass is 9.94. The smallest absolute Gasteiger partial charge is 0.310 e. The van der Waals surface area contributed by atoms with Crippen molar-refractivity contribution in [1.29, 1.82) is 0 Å². The highest BCUT2D eigenvalue weighted by Crippen LogP contribution is 2.12. The highest BCUT2D eigenvalue weighted by atomic mass is 32.2. The molecule has 0 saturated heterocycles. The van der Waals surface area contributed by atoms with Crippen LogP contribution < -0.4 is 5.32 Å². The van der Waals surface area contributed by atoms with E-state index >= 15 is 0 Å². The standard InChI is InChI=1S/C10H19NO5S/c1-4-5-17(15,16)6-8(12)11-7-10(2,3)9(13)14/h4-7H2,1-3H3,(H,11,12)(H,13,14). The van der Waals surface area contributed by atoms with Crippen LogP contribution in [0.2, 0.25) is 0 Å². The maximum absolute atomic E-state index is 11.3. The first-order chi connectivity index (χ1) is 7.60. The Kier molecular flexibility index (Phi) is 5.60. The Morgan fingerprint density at radius 3 is 2.24 bits per heavy atom. The van der Waals surface area contributed by atoms with Crippen molar-refractivity contribution < 1.29 is 23.1 Å². The number of carboxylic acids is 1. The van der Waals surface area contributed by atoms with E-state index in [0.29, 0.717) is 6.42 Å². The Morgan fingerprint density at radius 2 is 1.82 bits per heavy atom. The SMILES string of the molecule is CCCS(=O)(=O)CC(=O)NCC(C)(C)C(=O)O. The summed E-state index contributed by atoms with van der Waals surface area (Å²) in [5.41, 5.74) is -1.11. The number of carboxylic acid groups (broad SMARTS) is 1. The molecule has 0 rings (SSSR count). The molecule has 6 nitrogen and oxygen atoms in total. The molecule has 0 fully saturated rings. The Morgan fingerprint density at radius 1 is 1.29 bits per heavy atom. The van der Waals surface area contributed by atoms with E-state index < -0.39 is 32.9 Å². The molecule has 17 heavy (non-hydrogen) atoms. The monoisotopic (exact) mass is 265 g/mol. The van der Waals surface area contributed by atoms with Gasteiger partial charge >= 0.3 is 5.97 Å². The maximum Gasteiger partial charge on any atom is 0.310 e. The Hall–Kier alpha value is -1.11. The van der Waals surface area contributed by atoms with Crippen molar-refractivity contribution in [2.45, 2.75) is 27.2 Å². The number of carbonyl (C=O) groups excluding carboxylic acids is 1. The molecule has 0 heterocycles. The van der Waals surface area contributed by atoms with E-state index in [1.54, 1.807) is 6.92 Å². The molecule has 1 amide bonds. The second kappa shape index (κ2) is 6.00. The molecular weight excluding hydrogens is 246 g/mol. The molecule has 0 aliphatic carbocycles. The first-order valence-corrected chi connectivity index (χ1v) is 7.13. The van der Waals surface area contributed by atoms with Gasteiger partial charge in [-0.15, -0.1) is 0 Å². The zero-order chi connectivity index (χ0) is 13.7. The largest absolute Gasteiger partial charge is 0.481 e. The van der Waals surface area contributed by atoms with Gasteiger partial charge in [-0.05, 0) is 20.3 Å². The molecule has 0 radical (unpaired) electrons. The summed E-state index contributed by atoms with van der Waals surface area (Å²) in [6.07, 6.45) is 0.455. The van der Waals surface area contributed by atoms with Crippen molar-refractivity contribution in [3.05, 3.63) is 0 Å². The number of aliphatic carboxylic acids is 1. The lowest BCUT2D eigenvalue weighted by Crippen LogP contribution is -2.41. The third kappa shape index (κ3) is 6.25. The minimum absolute atomic E-state index is 0.0389. The van der Waals surface area contributed by atoms with Gasteiger partial charge in [0.05, 0.1) is 11.2 Å². The third-order valence-corrected chi connectivity index (χ3v) is 3.90. The van der Waals surface area contributed by atoms with Gasteiger partial charge in [0, 0.05) is 6.54 Å². The number of carbonyl (C=O) groups is 2. The van der Waals surface area contributed by atoms with Crippen LogP contribution in [0.4, 0.5) is 0 Å². The van der Waals surface area contributed by atoms with E-state index in [4.69, 9.17) is 5.11 Å². The summed E-state index contributed by atoms with van der Waals surface area (Å²) in [4.78, 5) is 22.1. The van der Waals surface area contributed by atoms with E-state index in [1.165, 1.54) is 13.8 Å². The van der Waals surface area contributed by atoms with Crippen LogP contribution in [-0.2, 0) is 19.4 Å². The lowest BCUT2D eigenvalue weighted by Gasteiger charge is -2.19. The second-order valence-electron chi connectivity index (χ2n) is 4.56. The van der Waals surface area contributed by atoms with Crippen LogP contribution in [0.1, 0.15) is 27.2 Å². The fourth-order valence-electron chi connectivity index (χ4n) is 1.03. The van der Waals surface area contributed by atoms with Crippen LogP contribution in [0.25, 0.3) is 0 Å². The summed E-state index contributed by atoms with van der Waals surface area (Å²) in [7, 11) is -3.38. The molecule has 0 saturated carbocycles. The van der Waals surface area contributed by atoms with Gasteiger partial charge in [0.1, 0.15) is 5.75 Å². The van der Waals surface area contributed by atoms with Gasteiger partial charge in [-0.25, -0.2) is 8.42 Å². The van der Waals surface area contributed by atoms with Crippen LogP contribution in [0, 0.1) is 5.41 Å². The first-order valence-electron chi connectivity index (χ1n) is 5.31. The van der Waals surface area contributed by atoms with Crippen LogP contribution in [0.3, 0.4) is 0 Å². The van der Waals surface area contributed by atoms with E-state index in [9.17, 15) is 18.0 Å². The highest BCUT2D eigenvalue weighted by molar-refractivity contribution is 7.92. The number of nitrogens with one attached hydrogen (secondary N) is 1. The van der Waals surface area contributed by atoms with E-state index in [0.717, 1.165) is 0 Å². The minimum atomic E-state index is -3.38. The van der Waals surface area contributed by atoms with Crippen molar-refractivity contribution in [1.82, 2.24) is 5.32 Å². The predicted molar refractivity (Wildman–Crippen MR) is 63.4 cm³/mol. The summed E-state index contributed by atoms with van der Waals surface area (Å²) >= 11 is 0. The summed E-state index contributed by atoms with van der Waals surface area (Å²) < 4.78 is 22.6. The molecule has 0 aliphatic rings. The van der Waals surface area contributed by atoms with Gasteiger partial charge in [0.2, 0.25) is 5.91 Å². The predicted octanol–water partition coefficient (Wildman–Crippen LogP) is 0.0382. The molecule has 2 N–H and O–H groups in total. The fourth-order valence-corrected chi connectivity index (χ4v) is 2.30. The quantitative estimate of drug-likeness (QED) is 0.676.